The van der Waals surface area contributed by atoms with E-state index in [1.165, 1.54) is 17.4 Å². The van der Waals surface area contributed by atoms with Crippen molar-refractivity contribution in [3.05, 3.63) is 52.8 Å². The Morgan fingerprint density at radius 3 is 2.83 bits per heavy atom. The number of rotatable bonds is 2. The highest BCUT2D eigenvalue weighted by molar-refractivity contribution is 9.10. The Bertz CT molecular complexity index is 678. The van der Waals surface area contributed by atoms with Crippen molar-refractivity contribution >= 4 is 48.3 Å². The van der Waals surface area contributed by atoms with E-state index >= 15 is 0 Å². The van der Waals surface area contributed by atoms with E-state index in [1.54, 1.807) is 12.1 Å². The van der Waals surface area contributed by atoms with Gasteiger partial charge in [0.25, 0.3) is 0 Å². The number of hydrogen-bond donors (Lipinski definition) is 1. The smallest absolute Gasteiger partial charge is 0.188 e. The van der Waals surface area contributed by atoms with E-state index in [0.29, 0.717) is 10.8 Å². The van der Waals surface area contributed by atoms with E-state index in [1.807, 2.05) is 24.3 Å². The van der Waals surface area contributed by atoms with Crippen molar-refractivity contribution in [1.29, 1.82) is 0 Å². The molecule has 0 amide bonds. The lowest BCUT2D eigenvalue weighted by atomic mass is 10.3. The molecule has 2 aromatic carbocycles. The molecule has 3 aromatic rings. The molecule has 0 bridgehead atoms. The van der Waals surface area contributed by atoms with Gasteiger partial charge in [-0.25, -0.2) is 9.37 Å². The van der Waals surface area contributed by atoms with Crippen LogP contribution in [0.5, 0.6) is 0 Å². The number of fused-ring (bicyclic) bond motifs is 1. The summed E-state index contributed by atoms with van der Waals surface area (Å²) in [6.07, 6.45) is 0. The molecule has 0 saturated heterocycles. The molecular formula is C13H8BrFN2S. The highest BCUT2D eigenvalue weighted by atomic mass is 79.9. The topological polar surface area (TPSA) is 24.9 Å². The van der Waals surface area contributed by atoms with Gasteiger partial charge in [0.15, 0.2) is 5.13 Å². The third kappa shape index (κ3) is 2.23. The van der Waals surface area contributed by atoms with Gasteiger partial charge in [-0.05, 0) is 30.3 Å². The summed E-state index contributed by atoms with van der Waals surface area (Å²) in [4.78, 5) is 4.40. The number of para-hydroxylation sites is 1. The van der Waals surface area contributed by atoms with E-state index < -0.39 is 0 Å². The molecule has 0 fully saturated rings. The summed E-state index contributed by atoms with van der Waals surface area (Å²) >= 11 is 4.82. The zero-order chi connectivity index (χ0) is 12.5. The molecule has 3 rings (SSSR count). The number of nitrogens with zero attached hydrogens (tertiary/aromatic N) is 1. The Kier molecular flexibility index (Phi) is 3.01. The minimum absolute atomic E-state index is 0.294. The first kappa shape index (κ1) is 11.6. The predicted molar refractivity (Wildman–Crippen MR) is 77.0 cm³/mol. The highest BCUT2D eigenvalue weighted by Crippen LogP contribution is 2.30. The van der Waals surface area contributed by atoms with Crippen molar-refractivity contribution in [3.8, 4) is 0 Å². The number of thiazole rings is 1. The Labute approximate surface area is 116 Å². The lowest BCUT2D eigenvalue weighted by Gasteiger charge is -2.04. The van der Waals surface area contributed by atoms with Crippen molar-refractivity contribution in [2.24, 2.45) is 0 Å². The molecule has 0 atom stereocenters. The third-order valence-electron chi connectivity index (χ3n) is 2.46. The van der Waals surface area contributed by atoms with Gasteiger partial charge in [-0.3, -0.25) is 0 Å². The standard InChI is InChI=1S/C13H8BrFN2S/c14-8-5-6-9(15)11(7-8)17-13-16-10-3-1-2-4-12(10)18-13/h1-7H,(H,16,17). The molecule has 1 aromatic heterocycles. The van der Waals surface area contributed by atoms with Gasteiger partial charge in [-0.15, -0.1) is 0 Å². The number of benzene rings is 2. The van der Waals surface area contributed by atoms with Gasteiger partial charge in [0.05, 0.1) is 15.9 Å². The van der Waals surface area contributed by atoms with Crippen LogP contribution in [0.25, 0.3) is 10.2 Å². The van der Waals surface area contributed by atoms with Crippen LogP contribution in [0.3, 0.4) is 0 Å². The molecule has 1 heterocycles. The fraction of sp³-hybridized carbons (Fsp3) is 0. The Morgan fingerprint density at radius 2 is 2.00 bits per heavy atom. The van der Waals surface area contributed by atoms with Crippen molar-refractivity contribution in [2.45, 2.75) is 0 Å². The summed E-state index contributed by atoms with van der Waals surface area (Å²) in [6.45, 7) is 0. The maximum atomic E-state index is 13.6. The summed E-state index contributed by atoms with van der Waals surface area (Å²) < 4.78 is 15.5. The van der Waals surface area contributed by atoms with Gasteiger partial charge in [0.1, 0.15) is 5.82 Å². The van der Waals surface area contributed by atoms with Crippen molar-refractivity contribution in [2.75, 3.05) is 5.32 Å². The Hall–Kier alpha value is -1.46. The molecule has 0 aliphatic heterocycles. The number of halogens is 2. The molecule has 0 spiro atoms. The Balaban J connectivity index is 1.98. The maximum Gasteiger partial charge on any atom is 0.188 e. The molecule has 1 N–H and O–H groups in total. The maximum absolute atomic E-state index is 13.6. The van der Waals surface area contributed by atoms with Crippen LogP contribution in [0.15, 0.2) is 46.9 Å². The van der Waals surface area contributed by atoms with Gasteiger partial charge in [-0.1, -0.05) is 39.4 Å². The summed E-state index contributed by atoms with van der Waals surface area (Å²) in [6, 6.07) is 12.6. The predicted octanol–water partition coefficient (Wildman–Crippen LogP) is 4.94. The van der Waals surface area contributed by atoms with Crippen LogP contribution < -0.4 is 5.32 Å². The second-order valence-electron chi connectivity index (χ2n) is 3.74. The van der Waals surface area contributed by atoms with Crippen molar-refractivity contribution in [1.82, 2.24) is 4.98 Å². The minimum atomic E-state index is -0.294. The van der Waals surface area contributed by atoms with E-state index in [4.69, 9.17) is 0 Å². The van der Waals surface area contributed by atoms with Crippen LogP contribution in [-0.2, 0) is 0 Å². The highest BCUT2D eigenvalue weighted by Gasteiger charge is 2.07. The molecule has 2 nitrogen and oxygen atoms in total. The van der Waals surface area contributed by atoms with Gasteiger partial charge in [0.2, 0.25) is 0 Å². The van der Waals surface area contributed by atoms with E-state index in [0.717, 1.165) is 14.7 Å². The SMILES string of the molecule is Fc1ccc(Br)cc1Nc1nc2ccccc2s1. The molecule has 0 radical (unpaired) electrons. The number of hydrogen-bond acceptors (Lipinski definition) is 3. The van der Waals surface area contributed by atoms with Gasteiger partial charge in [0, 0.05) is 4.47 Å². The Morgan fingerprint density at radius 1 is 1.17 bits per heavy atom. The van der Waals surface area contributed by atoms with Gasteiger partial charge in [-0.2, -0.15) is 0 Å². The molecule has 0 aliphatic rings. The summed E-state index contributed by atoms with van der Waals surface area (Å²) in [5, 5.41) is 3.69. The molecule has 90 valence electrons. The molecule has 0 saturated carbocycles. The summed E-state index contributed by atoms with van der Waals surface area (Å²) in [7, 11) is 0. The van der Waals surface area contributed by atoms with Crippen LogP contribution in [0, 0.1) is 5.82 Å². The van der Waals surface area contributed by atoms with Gasteiger partial charge < -0.3 is 5.32 Å². The van der Waals surface area contributed by atoms with Crippen LogP contribution in [0.1, 0.15) is 0 Å². The van der Waals surface area contributed by atoms with Gasteiger partial charge >= 0.3 is 0 Å². The molecule has 5 heteroatoms. The second kappa shape index (κ2) is 4.66. The largest absolute Gasteiger partial charge is 0.329 e. The van der Waals surface area contributed by atoms with E-state index in [2.05, 4.69) is 26.2 Å². The quantitative estimate of drug-likeness (QED) is 0.722. The fourth-order valence-electron chi connectivity index (χ4n) is 1.63. The number of aromatic nitrogens is 1. The van der Waals surface area contributed by atoms with Crippen molar-refractivity contribution < 1.29 is 4.39 Å². The first-order valence-corrected chi connectivity index (χ1v) is 6.91. The number of nitrogens with one attached hydrogen (secondary N) is 1. The minimum Gasteiger partial charge on any atom is -0.329 e. The monoisotopic (exact) mass is 322 g/mol. The zero-order valence-corrected chi connectivity index (χ0v) is 11.6. The molecule has 0 aliphatic carbocycles. The van der Waals surface area contributed by atoms with Crippen LogP contribution >= 0.6 is 27.3 Å². The second-order valence-corrected chi connectivity index (χ2v) is 5.68. The first-order chi connectivity index (χ1) is 8.72. The van der Waals surface area contributed by atoms with Crippen LogP contribution in [-0.4, -0.2) is 4.98 Å². The average Bonchev–Trinajstić information content (AvgIpc) is 2.76. The first-order valence-electron chi connectivity index (χ1n) is 5.30. The van der Waals surface area contributed by atoms with Crippen LogP contribution in [0.2, 0.25) is 0 Å². The summed E-state index contributed by atoms with van der Waals surface area (Å²) in [5.74, 6) is -0.294. The van der Waals surface area contributed by atoms with E-state index in [9.17, 15) is 4.39 Å². The third-order valence-corrected chi connectivity index (χ3v) is 3.91. The van der Waals surface area contributed by atoms with E-state index in [-0.39, 0.29) is 5.82 Å². The molecule has 0 unspecified atom stereocenters. The lowest BCUT2D eigenvalue weighted by molar-refractivity contribution is 0.631. The van der Waals surface area contributed by atoms with Crippen molar-refractivity contribution in [3.63, 3.8) is 0 Å². The number of anilines is 2. The zero-order valence-electron chi connectivity index (χ0n) is 9.15. The summed E-state index contributed by atoms with van der Waals surface area (Å²) in [5.41, 5.74) is 1.34. The van der Waals surface area contributed by atoms with Crippen LogP contribution in [0.4, 0.5) is 15.2 Å². The normalized spacial score (nSPS) is 10.8. The fourth-order valence-corrected chi connectivity index (χ4v) is 2.87. The molecular weight excluding hydrogens is 315 g/mol. The lowest BCUT2D eigenvalue weighted by Crippen LogP contribution is -1.92. The average molecular weight is 323 g/mol. The molecule has 18 heavy (non-hydrogen) atoms.